The smallest absolute Gasteiger partial charge is 0.187 e. The SMILES string of the molecule is CN(C)CCOc1ccc(Nc2ncc(-c3ccccc3Cl)s2)cc1. The number of ether oxygens (including phenoxy) is 1. The molecule has 25 heavy (non-hydrogen) atoms. The van der Waals surface area contributed by atoms with E-state index in [4.69, 9.17) is 16.3 Å². The minimum Gasteiger partial charge on any atom is -0.492 e. The van der Waals surface area contributed by atoms with Crippen LogP contribution in [0.15, 0.2) is 54.7 Å². The Morgan fingerprint density at radius 3 is 2.60 bits per heavy atom. The fraction of sp³-hybridized carbons (Fsp3) is 0.211. The number of thiazole rings is 1. The van der Waals surface area contributed by atoms with Crippen LogP contribution in [-0.4, -0.2) is 37.1 Å². The first kappa shape index (κ1) is 17.7. The van der Waals surface area contributed by atoms with E-state index in [1.54, 1.807) is 11.3 Å². The molecule has 1 aromatic heterocycles. The Bertz CT molecular complexity index is 818. The summed E-state index contributed by atoms with van der Waals surface area (Å²) in [5.74, 6) is 0.864. The standard InChI is InChI=1S/C19H20ClN3OS/c1-23(2)11-12-24-15-9-7-14(8-10-15)22-19-21-13-18(25-19)16-5-3-4-6-17(16)20/h3-10,13H,11-12H2,1-2H3,(H,21,22). The van der Waals surface area contributed by atoms with Gasteiger partial charge in [-0.1, -0.05) is 41.1 Å². The van der Waals surface area contributed by atoms with Crippen molar-refractivity contribution >= 4 is 33.8 Å². The highest BCUT2D eigenvalue weighted by molar-refractivity contribution is 7.19. The molecule has 3 rings (SSSR count). The normalized spacial score (nSPS) is 10.9. The molecule has 130 valence electrons. The van der Waals surface area contributed by atoms with E-state index < -0.39 is 0 Å². The van der Waals surface area contributed by atoms with Gasteiger partial charge in [0.05, 0.1) is 4.88 Å². The number of halogens is 1. The van der Waals surface area contributed by atoms with Crippen molar-refractivity contribution in [2.75, 3.05) is 32.6 Å². The maximum absolute atomic E-state index is 6.25. The van der Waals surface area contributed by atoms with E-state index in [1.807, 2.05) is 68.8 Å². The molecule has 0 atom stereocenters. The Hall–Kier alpha value is -2.08. The van der Waals surface area contributed by atoms with E-state index >= 15 is 0 Å². The molecule has 1 heterocycles. The fourth-order valence-electron chi connectivity index (χ4n) is 2.22. The van der Waals surface area contributed by atoms with Crippen molar-refractivity contribution in [3.05, 3.63) is 59.8 Å². The van der Waals surface area contributed by atoms with E-state index in [1.165, 1.54) is 0 Å². The lowest BCUT2D eigenvalue weighted by Gasteiger charge is -2.11. The lowest BCUT2D eigenvalue weighted by atomic mass is 10.2. The number of nitrogens with one attached hydrogen (secondary N) is 1. The molecule has 0 aliphatic carbocycles. The van der Waals surface area contributed by atoms with Gasteiger partial charge in [0.15, 0.2) is 5.13 Å². The van der Waals surface area contributed by atoms with Crippen molar-refractivity contribution in [1.82, 2.24) is 9.88 Å². The fourth-order valence-corrected chi connectivity index (χ4v) is 3.39. The molecule has 0 unspecified atom stereocenters. The molecule has 0 saturated heterocycles. The number of rotatable bonds is 7. The summed E-state index contributed by atoms with van der Waals surface area (Å²) in [4.78, 5) is 7.56. The summed E-state index contributed by atoms with van der Waals surface area (Å²) in [7, 11) is 4.06. The molecule has 3 aromatic rings. The summed E-state index contributed by atoms with van der Waals surface area (Å²) in [6.45, 7) is 1.57. The topological polar surface area (TPSA) is 37.4 Å². The number of anilines is 2. The maximum atomic E-state index is 6.25. The molecular formula is C19H20ClN3OS. The van der Waals surface area contributed by atoms with E-state index in [0.29, 0.717) is 6.61 Å². The summed E-state index contributed by atoms with van der Waals surface area (Å²) in [5.41, 5.74) is 1.97. The van der Waals surface area contributed by atoms with Crippen LogP contribution in [0.2, 0.25) is 5.02 Å². The third-order valence-corrected chi connectivity index (χ3v) is 4.83. The van der Waals surface area contributed by atoms with Gasteiger partial charge < -0.3 is 15.0 Å². The Morgan fingerprint density at radius 1 is 1.12 bits per heavy atom. The third-order valence-electron chi connectivity index (χ3n) is 3.56. The van der Waals surface area contributed by atoms with Gasteiger partial charge in [0.1, 0.15) is 12.4 Å². The predicted octanol–water partition coefficient (Wildman–Crippen LogP) is 5.15. The van der Waals surface area contributed by atoms with Crippen LogP contribution in [0.3, 0.4) is 0 Å². The number of nitrogens with zero attached hydrogens (tertiary/aromatic N) is 2. The molecule has 0 aliphatic rings. The lowest BCUT2D eigenvalue weighted by Crippen LogP contribution is -2.19. The summed E-state index contributed by atoms with van der Waals surface area (Å²) in [5, 5.41) is 4.88. The Balaban J connectivity index is 1.62. The molecule has 2 aromatic carbocycles. The van der Waals surface area contributed by atoms with E-state index in [2.05, 4.69) is 15.2 Å². The molecule has 6 heteroatoms. The van der Waals surface area contributed by atoms with Gasteiger partial charge >= 0.3 is 0 Å². The summed E-state index contributed by atoms with van der Waals surface area (Å²) in [6.07, 6.45) is 1.84. The van der Waals surface area contributed by atoms with Crippen LogP contribution in [0.5, 0.6) is 5.75 Å². The predicted molar refractivity (Wildman–Crippen MR) is 106 cm³/mol. The first-order valence-electron chi connectivity index (χ1n) is 7.97. The number of hydrogen-bond acceptors (Lipinski definition) is 5. The van der Waals surface area contributed by atoms with Crippen molar-refractivity contribution in [3.8, 4) is 16.2 Å². The number of aromatic nitrogens is 1. The number of hydrogen-bond donors (Lipinski definition) is 1. The van der Waals surface area contributed by atoms with Gasteiger partial charge in [0.25, 0.3) is 0 Å². The molecule has 0 fully saturated rings. The van der Waals surface area contributed by atoms with E-state index in [-0.39, 0.29) is 0 Å². The lowest BCUT2D eigenvalue weighted by molar-refractivity contribution is 0.261. The molecule has 4 nitrogen and oxygen atoms in total. The van der Waals surface area contributed by atoms with Gasteiger partial charge in [-0.05, 0) is 44.4 Å². The van der Waals surface area contributed by atoms with Crippen LogP contribution in [0.4, 0.5) is 10.8 Å². The van der Waals surface area contributed by atoms with Crippen LogP contribution in [0, 0.1) is 0 Å². The average Bonchev–Trinajstić information content (AvgIpc) is 3.05. The quantitative estimate of drug-likeness (QED) is 0.621. The van der Waals surface area contributed by atoms with E-state index in [0.717, 1.165) is 38.6 Å². The number of likely N-dealkylation sites (N-methyl/N-ethyl adjacent to an activating group) is 1. The second-order valence-corrected chi connectivity index (χ2v) is 7.25. The zero-order valence-electron chi connectivity index (χ0n) is 14.2. The van der Waals surface area contributed by atoms with Gasteiger partial charge in [0.2, 0.25) is 0 Å². The second-order valence-electron chi connectivity index (χ2n) is 5.81. The van der Waals surface area contributed by atoms with Gasteiger partial charge in [-0.3, -0.25) is 0 Å². The summed E-state index contributed by atoms with van der Waals surface area (Å²) in [6, 6.07) is 15.7. The van der Waals surface area contributed by atoms with E-state index in [9.17, 15) is 0 Å². The minimum atomic E-state index is 0.674. The van der Waals surface area contributed by atoms with Gasteiger partial charge in [-0.2, -0.15) is 0 Å². The number of benzene rings is 2. The maximum Gasteiger partial charge on any atom is 0.187 e. The molecule has 0 amide bonds. The Labute approximate surface area is 157 Å². The highest BCUT2D eigenvalue weighted by Gasteiger charge is 2.08. The van der Waals surface area contributed by atoms with Gasteiger partial charge in [0, 0.05) is 29.0 Å². The molecule has 0 aliphatic heterocycles. The van der Waals surface area contributed by atoms with Crippen molar-refractivity contribution in [3.63, 3.8) is 0 Å². The van der Waals surface area contributed by atoms with Crippen LogP contribution in [0.25, 0.3) is 10.4 Å². The average molecular weight is 374 g/mol. The van der Waals surface area contributed by atoms with Gasteiger partial charge in [-0.15, -0.1) is 0 Å². The van der Waals surface area contributed by atoms with Gasteiger partial charge in [-0.25, -0.2) is 4.98 Å². The molecule has 0 radical (unpaired) electrons. The Kier molecular flexibility index (Phi) is 5.91. The zero-order chi connectivity index (χ0) is 17.6. The summed E-state index contributed by atoms with van der Waals surface area (Å²) < 4.78 is 5.70. The van der Waals surface area contributed by atoms with Crippen molar-refractivity contribution in [2.45, 2.75) is 0 Å². The van der Waals surface area contributed by atoms with Crippen molar-refractivity contribution in [2.24, 2.45) is 0 Å². The molecule has 0 saturated carbocycles. The van der Waals surface area contributed by atoms with Crippen molar-refractivity contribution in [1.29, 1.82) is 0 Å². The monoisotopic (exact) mass is 373 g/mol. The minimum absolute atomic E-state index is 0.674. The Morgan fingerprint density at radius 2 is 1.88 bits per heavy atom. The molecule has 1 N–H and O–H groups in total. The third kappa shape index (κ3) is 4.95. The van der Waals surface area contributed by atoms with Crippen molar-refractivity contribution < 1.29 is 4.74 Å². The molecule has 0 bridgehead atoms. The highest BCUT2D eigenvalue weighted by atomic mass is 35.5. The van der Waals surface area contributed by atoms with Crippen LogP contribution >= 0.6 is 22.9 Å². The first-order valence-corrected chi connectivity index (χ1v) is 9.16. The highest BCUT2D eigenvalue weighted by Crippen LogP contribution is 2.34. The van der Waals surface area contributed by atoms with Crippen LogP contribution in [-0.2, 0) is 0 Å². The van der Waals surface area contributed by atoms with Crippen LogP contribution < -0.4 is 10.1 Å². The molecule has 0 spiro atoms. The van der Waals surface area contributed by atoms with Crippen LogP contribution in [0.1, 0.15) is 0 Å². The largest absolute Gasteiger partial charge is 0.492 e. The zero-order valence-corrected chi connectivity index (χ0v) is 15.8. The first-order chi connectivity index (χ1) is 12.1. The second kappa shape index (κ2) is 8.34. The molecular weight excluding hydrogens is 354 g/mol. The summed E-state index contributed by atoms with van der Waals surface area (Å²) >= 11 is 7.82.